The molecule has 0 unspecified atom stereocenters. The Morgan fingerprint density at radius 2 is 1.79 bits per heavy atom. The van der Waals surface area contributed by atoms with E-state index in [1.54, 1.807) is 31.2 Å². The number of anilines is 1. The normalized spacial score (nSPS) is 15.9. The van der Waals surface area contributed by atoms with E-state index in [4.69, 9.17) is 16.3 Å². The van der Waals surface area contributed by atoms with E-state index in [1.165, 1.54) is 6.08 Å². The molecule has 1 fully saturated rings. The van der Waals surface area contributed by atoms with Gasteiger partial charge in [-0.25, -0.2) is 9.69 Å². The van der Waals surface area contributed by atoms with Crippen molar-refractivity contribution in [1.82, 2.24) is 5.32 Å². The third-order valence-electron chi connectivity index (χ3n) is 4.34. The summed E-state index contributed by atoms with van der Waals surface area (Å²) >= 11 is 6.09. The van der Waals surface area contributed by atoms with Crippen molar-refractivity contribution in [2.45, 2.75) is 33.8 Å². The minimum atomic E-state index is -0.782. The minimum absolute atomic E-state index is 0.114. The molecule has 3 rings (SSSR count). The van der Waals surface area contributed by atoms with Gasteiger partial charge in [-0.05, 0) is 69.2 Å². The van der Waals surface area contributed by atoms with Gasteiger partial charge in [-0.2, -0.15) is 0 Å². The van der Waals surface area contributed by atoms with Crippen LogP contribution in [0.3, 0.4) is 0 Å². The average Bonchev–Trinajstić information content (AvgIpc) is 2.63. The molecule has 4 amide bonds. The van der Waals surface area contributed by atoms with Crippen molar-refractivity contribution in [3.63, 3.8) is 0 Å². The first kappa shape index (κ1) is 20.6. The fourth-order valence-electron chi connectivity index (χ4n) is 2.99. The van der Waals surface area contributed by atoms with Crippen LogP contribution in [0.4, 0.5) is 10.5 Å². The number of rotatable bonds is 4. The molecule has 2 aromatic carbocycles. The summed E-state index contributed by atoms with van der Waals surface area (Å²) in [5, 5.41) is 2.66. The zero-order chi connectivity index (χ0) is 21.3. The highest BCUT2D eigenvalue weighted by molar-refractivity contribution is 6.39. The first-order valence-electron chi connectivity index (χ1n) is 9.12. The quantitative estimate of drug-likeness (QED) is 0.596. The molecule has 1 heterocycles. The van der Waals surface area contributed by atoms with Gasteiger partial charge in [0.2, 0.25) is 0 Å². The Kier molecular flexibility index (Phi) is 5.75. The number of nitrogens with zero attached hydrogens (tertiary/aromatic N) is 1. The molecule has 0 radical (unpaired) electrons. The van der Waals surface area contributed by atoms with E-state index < -0.39 is 17.8 Å². The second-order valence-corrected chi connectivity index (χ2v) is 7.53. The number of barbiturate groups is 1. The number of carbonyl (C=O) groups excluding carboxylic acids is 3. The maximum atomic E-state index is 13.1. The van der Waals surface area contributed by atoms with Gasteiger partial charge in [-0.1, -0.05) is 23.7 Å². The second kappa shape index (κ2) is 8.09. The number of carbonyl (C=O) groups is 3. The number of imide groups is 2. The Hall–Kier alpha value is -3.12. The molecule has 0 bridgehead atoms. The van der Waals surface area contributed by atoms with Crippen LogP contribution in [0.15, 0.2) is 42.0 Å². The lowest BCUT2D eigenvalue weighted by Crippen LogP contribution is -2.54. The van der Waals surface area contributed by atoms with Gasteiger partial charge in [0.15, 0.2) is 0 Å². The SMILES string of the molecule is Cc1ccc(C)c(N2C(=O)NC(=O)/C(=C\c3cc(Cl)ccc3OC(C)C)C2=O)c1. The molecule has 150 valence electrons. The molecule has 0 aliphatic carbocycles. The first-order valence-corrected chi connectivity index (χ1v) is 9.50. The molecule has 7 heteroatoms. The Bertz CT molecular complexity index is 1040. The van der Waals surface area contributed by atoms with Crippen LogP contribution in [-0.4, -0.2) is 23.9 Å². The maximum absolute atomic E-state index is 13.1. The summed E-state index contributed by atoms with van der Waals surface area (Å²) in [7, 11) is 0. The molecule has 0 spiro atoms. The highest BCUT2D eigenvalue weighted by Gasteiger charge is 2.37. The lowest BCUT2D eigenvalue weighted by molar-refractivity contribution is -0.122. The molecule has 29 heavy (non-hydrogen) atoms. The molecular formula is C22H21ClN2O4. The number of halogens is 1. The first-order chi connectivity index (χ1) is 13.7. The Balaban J connectivity index is 2.09. The zero-order valence-electron chi connectivity index (χ0n) is 16.6. The highest BCUT2D eigenvalue weighted by Crippen LogP contribution is 2.29. The van der Waals surface area contributed by atoms with Gasteiger partial charge < -0.3 is 4.74 Å². The highest BCUT2D eigenvalue weighted by atomic mass is 35.5. The predicted molar refractivity (Wildman–Crippen MR) is 112 cm³/mol. The van der Waals surface area contributed by atoms with Crippen LogP contribution in [0.2, 0.25) is 5.02 Å². The Morgan fingerprint density at radius 3 is 2.48 bits per heavy atom. The van der Waals surface area contributed by atoms with Gasteiger partial charge in [0.05, 0.1) is 11.8 Å². The molecule has 1 aliphatic rings. The van der Waals surface area contributed by atoms with Crippen LogP contribution >= 0.6 is 11.6 Å². The standard InChI is InChI=1S/C22H21ClN2O4/c1-12(2)29-19-8-7-16(23)10-15(19)11-17-20(26)24-22(28)25(21(17)27)18-9-13(3)5-6-14(18)4/h5-12H,1-4H3,(H,24,26,28)/b17-11+. The minimum Gasteiger partial charge on any atom is -0.490 e. The van der Waals surface area contributed by atoms with Gasteiger partial charge >= 0.3 is 6.03 Å². The van der Waals surface area contributed by atoms with E-state index in [0.717, 1.165) is 16.0 Å². The van der Waals surface area contributed by atoms with Gasteiger partial charge in [0, 0.05) is 10.6 Å². The van der Waals surface area contributed by atoms with Crippen LogP contribution in [-0.2, 0) is 9.59 Å². The van der Waals surface area contributed by atoms with Crippen LogP contribution in [0.25, 0.3) is 6.08 Å². The van der Waals surface area contributed by atoms with Crippen LogP contribution in [0, 0.1) is 13.8 Å². The summed E-state index contributed by atoms with van der Waals surface area (Å²) in [5.41, 5.74) is 2.34. The smallest absolute Gasteiger partial charge is 0.335 e. The van der Waals surface area contributed by atoms with Gasteiger partial charge in [-0.3, -0.25) is 14.9 Å². The molecule has 0 saturated carbocycles. The van der Waals surface area contributed by atoms with E-state index in [2.05, 4.69) is 5.32 Å². The molecule has 2 aromatic rings. The second-order valence-electron chi connectivity index (χ2n) is 7.10. The third kappa shape index (κ3) is 4.32. The van der Waals surface area contributed by atoms with Crippen molar-refractivity contribution >= 4 is 41.2 Å². The molecule has 1 aliphatic heterocycles. The van der Waals surface area contributed by atoms with Crippen molar-refractivity contribution in [2.24, 2.45) is 0 Å². The number of urea groups is 1. The number of hydrogen-bond donors (Lipinski definition) is 1. The van der Waals surface area contributed by atoms with Crippen molar-refractivity contribution < 1.29 is 19.1 Å². The van der Waals surface area contributed by atoms with E-state index in [9.17, 15) is 14.4 Å². The number of aryl methyl sites for hydroxylation is 2. The maximum Gasteiger partial charge on any atom is 0.335 e. The molecular weight excluding hydrogens is 392 g/mol. The summed E-state index contributed by atoms with van der Waals surface area (Å²) in [5.74, 6) is -0.993. The van der Waals surface area contributed by atoms with Crippen molar-refractivity contribution in [3.05, 3.63) is 63.7 Å². The molecule has 6 nitrogen and oxygen atoms in total. The van der Waals surface area contributed by atoms with E-state index >= 15 is 0 Å². The summed E-state index contributed by atoms with van der Waals surface area (Å²) in [6, 6.07) is 9.59. The monoisotopic (exact) mass is 412 g/mol. The predicted octanol–water partition coefficient (Wildman–Crippen LogP) is 4.41. The van der Waals surface area contributed by atoms with Crippen molar-refractivity contribution in [1.29, 1.82) is 0 Å². The molecule has 1 N–H and O–H groups in total. The van der Waals surface area contributed by atoms with Gasteiger partial charge in [0.1, 0.15) is 11.3 Å². The lowest BCUT2D eigenvalue weighted by Gasteiger charge is -2.28. The van der Waals surface area contributed by atoms with Crippen LogP contribution in [0.1, 0.15) is 30.5 Å². The molecule has 0 atom stereocenters. The number of hydrogen-bond acceptors (Lipinski definition) is 4. The number of benzene rings is 2. The average molecular weight is 413 g/mol. The van der Waals surface area contributed by atoms with E-state index in [1.807, 2.05) is 32.9 Å². The largest absolute Gasteiger partial charge is 0.490 e. The summed E-state index contributed by atoms with van der Waals surface area (Å²) in [6.45, 7) is 7.38. The number of ether oxygens (including phenoxy) is 1. The topological polar surface area (TPSA) is 75.7 Å². The zero-order valence-corrected chi connectivity index (χ0v) is 17.3. The molecule has 1 saturated heterocycles. The number of nitrogens with one attached hydrogen (secondary N) is 1. The Morgan fingerprint density at radius 1 is 1.07 bits per heavy atom. The summed E-state index contributed by atoms with van der Waals surface area (Å²) in [6.07, 6.45) is 1.28. The number of amides is 4. The van der Waals surface area contributed by atoms with E-state index in [0.29, 0.717) is 22.0 Å². The molecule has 0 aromatic heterocycles. The van der Waals surface area contributed by atoms with Crippen LogP contribution in [0.5, 0.6) is 5.75 Å². The Labute approximate surface area is 174 Å². The van der Waals surface area contributed by atoms with Gasteiger partial charge in [0.25, 0.3) is 11.8 Å². The van der Waals surface area contributed by atoms with Crippen molar-refractivity contribution in [2.75, 3.05) is 4.90 Å². The van der Waals surface area contributed by atoms with Gasteiger partial charge in [-0.15, -0.1) is 0 Å². The lowest BCUT2D eigenvalue weighted by atomic mass is 10.0. The third-order valence-corrected chi connectivity index (χ3v) is 4.58. The summed E-state index contributed by atoms with van der Waals surface area (Å²) in [4.78, 5) is 39.0. The summed E-state index contributed by atoms with van der Waals surface area (Å²) < 4.78 is 5.75. The van der Waals surface area contributed by atoms with E-state index in [-0.39, 0.29) is 11.7 Å². The van der Waals surface area contributed by atoms with Crippen molar-refractivity contribution in [3.8, 4) is 5.75 Å². The van der Waals surface area contributed by atoms with Crippen LogP contribution < -0.4 is 15.0 Å². The fraction of sp³-hybridized carbons (Fsp3) is 0.227. The fourth-order valence-corrected chi connectivity index (χ4v) is 3.17.